The Hall–Kier alpha value is -2.39. The largest absolute Gasteiger partial charge is 0.497 e. The van der Waals surface area contributed by atoms with Gasteiger partial charge >= 0.3 is 0 Å². The van der Waals surface area contributed by atoms with Crippen LogP contribution in [0, 0.1) is 13.8 Å². The Kier molecular flexibility index (Phi) is 7.93. The molecular formula is C26H33N3O3S2. The smallest absolute Gasteiger partial charge is 0.266 e. The molecule has 1 saturated heterocycles. The summed E-state index contributed by atoms with van der Waals surface area (Å²) in [5, 5.41) is 6.07. The number of methoxy groups -OCH3 is 2. The first kappa shape index (κ1) is 24.7. The number of thiophene rings is 2. The number of amides is 1. The molecule has 0 aliphatic carbocycles. The zero-order valence-electron chi connectivity index (χ0n) is 20.5. The molecule has 0 saturated carbocycles. The molecule has 1 aliphatic heterocycles. The average molecular weight is 500 g/mol. The third kappa shape index (κ3) is 5.00. The molecule has 1 atom stereocenters. The van der Waals surface area contributed by atoms with Gasteiger partial charge in [0.25, 0.3) is 5.91 Å². The quantitative estimate of drug-likeness (QED) is 0.448. The number of hydrogen-bond donors (Lipinski definition) is 1. The molecule has 0 spiro atoms. The van der Waals surface area contributed by atoms with Gasteiger partial charge in [-0.25, -0.2) is 0 Å². The number of nitrogens with one attached hydrogen (secondary N) is 1. The van der Waals surface area contributed by atoms with Crippen LogP contribution in [0.4, 0.5) is 5.00 Å². The fourth-order valence-electron chi connectivity index (χ4n) is 4.56. The fraction of sp³-hybridized carbons (Fsp3) is 0.423. The summed E-state index contributed by atoms with van der Waals surface area (Å²) in [4.78, 5) is 19.9. The van der Waals surface area contributed by atoms with Gasteiger partial charge in [0.1, 0.15) is 16.5 Å². The van der Waals surface area contributed by atoms with Crippen molar-refractivity contribution in [2.45, 2.75) is 26.8 Å². The van der Waals surface area contributed by atoms with Gasteiger partial charge in [-0.1, -0.05) is 13.0 Å². The minimum Gasteiger partial charge on any atom is -0.497 e. The van der Waals surface area contributed by atoms with Crippen molar-refractivity contribution >= 4 is 33.6 Å². The van der Waals surface area contributed by atoms with Gasteiger partial charge in [-0.05, 0) is 49.5 Å². The first-order chi connectivity index (χ1) is 16.5. The summed E-state index contributed by atoms with van der Waals surface area (Å²) in [5.41, 5.74) is 3.45. The standard InChI is InChI=1S/C26H33N3O3S2/c1-6-28-11-13-29(14-12-28)24(20-10-9-19(31-4)16-21(20)32-5)23-17(2)18(3)34-26(23)27-25(30)22-8-7-15-33-22/h7-10,15-16,24H,6,11-14H2,1-5H3,(H,27,30)/t24-/m0/s1. The van der Waals surface area contributed by atoms with Crippen molar-refractivity contribution in [1.29, 1.82) is 0 Å². The van der Waals surface area contributed by atoms with Crippen LogP contribution in [0.3, 0.4) is 0 Å². The van der Waals surface area contributed by atoms with Crippen molar-refractivity contribution in [3.63, 3.8) is 0 Å². The van der Waals surface area contributed by atoms with Crippen molar-refractivity contribution in [3.05, 3.63) is 62.2 Å². The van der Waals surface area contributed by atoms with Crippen LogP contribution in [-0.4, -0.2) is 62.7 Å². The summed E-state index contributed by atoms with van der Waals surface area (Å²) in [7, 11) is 3.37. The summed E-state index contributed by atoms with van der Waals surface area (Å²) < 4.78 is 11.3. The molecule has 0 unspecified atom stereocenters. The lowest BCUT2D eigenvalue weighted by Crippen LogP contribution is -2.47. The molecule has 8 heteroatoms. The minimum absolute atomic E-state index is 0.0385. The summed E-state index contributed by atoms with van der Waals surface area (Å²) in [6, 6.07) is 9.77. The molecular weight excluding hydrogens is 466 g/mol. The lowest BCUT2D eigenvalue weighted by Gasteiger charge is -2.40. The molecule has 0 radical (unpaired) electrons. The first-order valence-electron chi connectivity index (χ1n) is 11.6. The summed E-state index contributed by atoms with van der Waals surface area (Å²) in [6.07, 6.45) is 0. The molecule has 1 fully saturated rings. The second-order valence-electron chi connectivity index (χ2n) is 8.44. The van der Waals surface area contributed by atoms with Crippen LogP contribution in [0.5, 0.6) is 11.5 Å². The van der Waals surface area contributed by atoms with Crippen molar-refractivity contribution < 1.29 is 14.3 Å². The first-order valence-corrected chi connectivity index (χ1v) is 13.3. The maximum Gasteiger partial charge on any atom is 0.266 e. The van der Waals surface area contributed by atoms with Crippen LogP contribution in [0.2, 0.25) is 0 Å². The number of carbonyl (C=O) groups excluding carboxylic acids is 1. The van der Waals surface area contributed by atoms with Gasteiger partial charge < -0.3 is 19.7 Å². The van der Waals surface area contributed by atoms with Crippen molar-refractivity contribution in [2.24, 2.45) is 0 Å². The third-order valence-electron chi connectivity index (χ3n) is 6.63. The van der Waals surface area contributed by atoms with Gasteiger partial charge in [0.05, 0.1) is 25.1 Å². The van der Waals surface area contributed by atoms with Crippen LogP contribution in [0.1, 0.15) is 44.2 Å². The molecule has 2 aromatic heterocycles. The van der Waals surface area contributed by atoms with Crippen molar-refractivity contribution in [2.75, 3.05) is 52.3 Å². The van der Waals surface area contributed by atoms with E-state index in [9.17, 15) is 4.79 Å². The maximum atomic E-state index is 13.0. The summed E-state index contributed by atoms with van der Waals surface area (Å²) in [5.74, 6) is 1.49. The Labute approximate surface area is 210 Å². The van der Waals surface area contributed by atoms with Crippen LogP contribution in [0.25, 0.3) is 0 Å². The number of piperazine rings is 1. The predicted molar refractivity (Wildman–Crippen MR) is 141 cm³/mol. The molecule has 34 heavy (non-hydrogen) atoms. The molecule has 6 nitrogen and oxygen atoms in total. The van der Waals surface area contributed by atoms with E-state index in [0.29, 0.717) is 4.88 Å². The monoisotopic (exact) mass is 499 g/mol. The lowest BCUT2D eigenvalue weighted by molar-refractivity contribution is 0.102. The highest BCUT2D eigenvalue weighted by Gasteiger charge is 2.33. The Morgan fingerprint density at radius 1 is 1.12 bits per heavy atom. The fourth-order valence-corrected chi connectivity index (χ4v) is 6.26. The van der Waals surface area contributed by atoms with E-state index in [-0.39, 0.29) is 11.9 Å². The van der Waals surface area contributed by atoms with Gasteiger partial charge in [0.2, 0.25) is 0 Å². The number of ether oxygens (including phenoxy) is 2. The highest BCUT2D eigenvalue weighted by atomic mass is 32.1. The molecule has 1 amide bonds. The van der Waals surface area contributed by atoms with E-state index in [2.05, 4.69) is 42.0 Å². The molecule has 3 heterocycles. The molecule has 1 aliphatic rings. The molecule has 4 rings (SSSR count). The maximum absolute atomic E-state index is 13.0. The predicted octanol–water partition coefficient (Wildman–Crippen LogP) is 5.42. The van der Waals surface area contributed by atoms with E-state index in [1.54, 1.807) is 25.6 Å². The number of aryl methyl sites for hydroxylation is 1. The van der Waals surface area contributed by atoms with Gasteiger partial charge in [0.15, 0.2) is 0 Å². The summed E-state index contributed by atoms with van der Waals surface area (Å²) in [6.45, 7) is 11.5. The van der Waals surface area contributed by atoms with E-state index < -0.39 is 0 Å². The second kappa shape index (κ2) is 10.9. The number of hydrogen-bond acceptors (Lipinski definition) is 7. The molecule has 182 valence electrons. The van der Waals surface area contributed by atoms with E-state index in [0.717, 1.165) is 60.4 Å². The lowest BCUT2D eigenvalue weighted by atomic mass is 9.93. The average Bonchev–Trinajstić information content (AvgIpc) is 3.49. The highest BCUT2D eigenvalue weighted by molar-refractivity contribution is 7.17. The SMILES string of the molecule is CCN1CCN([C@@H](c2ccc(OC)cc2OC)c2c(NC(=O)c3cccs3)sc(C)c2C)CC1. The Balaban J connectivity index is 1.80. The van der Waals surface area contributed by atoms with Crippen LogP contribution >= 0.6 is 22.7 Å². The minimum atomic E-state index is -0.0613. The van der Waals surface area contributed by atoms with E-state index >= 15 is 0 Å². The van der Waals surface area contributed by atoms with Gasteiger partial charge in [-0.15, -0.1) is 22.7 Å². The zero-order valence-corrected chi connectivity index (χ0v) is 22.1. The summed E-state index contributed by atoms with van der Waals surface area (Å²) >= 11 is 3.11. The van der Waals surface area contributed by atoms with Gasteiger partial charge in [0, 0.05) is 48.2 Å². The number of likely N-dealkylation sites (N-methyl/N-ethyl adjacent to an activating group) is 1. The Bertz CT molecular complexity index is 1120. The molecule has 0 bridgehead atoms. The van der Waals surface area contributed by atoms with Crippen molar-refractivity contribution in [1.82, 2.24) is 9.80 Å². The molecule has 3 aromatic rings. The van der Waals surface area contributed by atoms with Crippen molar-refractivity contribution in [3.8, 4) is 11.5 Å². The third-order valence-corrected chi connectivity index (χ3v) is 8.64. The van der Waals surface area contributed by atoms with Crippen LogP contribution in [0.15, 0.2) is 35.7 Å². The second-order valence-corrected chi connectivity index (χ2v) is 10.6. The topological polar surface area (TPSA) is 54.0 Å². The Morgan fingerprint density at radius 3 is 2.50 bits per heavy atom. The van der Waals surface area contributed by atoms with Gasteiger partial charge in [-0.2, -0.15) is 0 Å². The zero-order chi connectivity index (χ0) is 24.2. The number of nitrogens with zero attached hydrogens (tertiary/aromatic N) is 2. The normalized spacial score (nSPS) is 15.8. The number of carbonyl (C=O) groups is 1. The molecule has 1 aromatic carbocycles. The van der Waals surface area contributed by atoms with Gasteiger partial charge in [-0.3, -0.25) is 9.69 Å². The number of benzene rings is 1. The van der Waals surface area contributed by atoms with E-state index in [1.807, 2.05) is 29.6 Å². The number of anilines is 1. The number of rotatable bonds is 8. The highest BCUT2D eigenvalue weighted by Crippen LogP contribution is 2.45. The van der Waals surface area contributed by atoms with Crippen LogP contribution in [-0.2, 0) is 0 Å². The molecule has 1 N–H and O–H groups in total. The van der Waals surface area contributed by atoms with E-state index in [1.165, 1.54) is 21.8 Å². The Morgan fingerprint density at radius 2 is 1.88 bits per heavy atom. The van der Waals surface area contributed by atoms with Crippen LogP contribution < -0.4 is 14.8 Å². The van der Waals surface area contributed by atoms with E-state index in [4.69, 9.17) is 9.47 Å².